The molecule has 1 heterocycles. The van der Waals surface area contributed by atoms with Gasteiger partial charge in [0.15, 0.2) is 10.6 Å². The van der Waals surface area contributed by atoms with E-state index >= 15 is 0 Å². The lowest BCUT2D eigenvalue weighted by molar-refractivity contribution is 0.414. The molecule has 0 aliphatic heterocycles. The third-order valence-corrected chi connectivity index (χ3v) is 1.97. The molecule has 0 spiro atoms. The minimum absolute atomic E-state index is 0.246. The van der Waals surface area contributed by atoms with Crippen LogP contribution in [0.1, 0.15) is 5.89 Å². The number of nitrogens with zero attached hydrogens (tertiary/aromatic N) is 2. The quantitative estimate of drug-likeness (QED) is 0.271. The first-order chi connectivity index (χ1) is 6.81. The number of para-hydroxylation sites is 2. The molecule has 0 saturated heterocycles. The zero-order chi connectivity index (χ0) is 9.97. The Morgan fingerprint density at radius 1 is 1.43 bits per heavy atom. The van der Waals surface area contributed by atoms with Crippen LogP contribution in [-0.4, -0.2) is 10.0 Å². The minimum atomic E-state index is 0.246. The van der Waals surface area contributed by atoms with E-state index in [1.165, 1.54) is 0 Å². The fourth-order valence-electron chi connectivity index (χ4n) is 1.05. The van der Waals surface area contributed by atoms with Gasteiger partial charge in [0.05, 0.1) is 12.9 Å². The molecular formula is C8H6N2O2S2. The lowest BCUT2D eigenvalue weighted by Gasteiger charge is -1.88. The van der Waals surface area contributed by atoms with Gasteiger partial charge in [0.1, 0.15) is 5.52 Å². The summed E-state index contributed by atoms with van der Waals surface area (Å²) in [6.07, 6.45) is 0. The number of rotatable bonds is 2. The molecule has 72 valence electrons. The van der Waals surface area contributed by atoms with Crippen molar-refractivity contribution >= 4 is 41.7 Å². The van der Waals surface area contributed by atoms with Crippen molar-refractivity contribution in [1.29, 1.82) is 0 Å². The van der Waals surface area contributed by atoms with Gasteiger partial charge in [0, 0.05) is 0 Å². The van der Waals surface area contributed by atoms with E-state index < -0.39 is 0 Å². The highest BCUT2D eigenvalue weighted by atomic mass is 32.1. The van der Waals surface area contributed by atoms with Crippen molar-refractivity contribution in [2.75, 3.05) is 0 Å². The van der Waals surface area contributed by atoms with Gasteiger partial charge in [-0.1, -0.05) is 17.3 Å². The molecule has 1 aromatic carbocycles. The van der Waals surface area contributed by atoms with E-state index in [0.29, 0.717) is 11.5 Å². The van der Waals surface area contributed by atoms with Crippen LogP contribution in [0, 0.1) is 0 Å². The van der Waals surface area contributed by atoms with Gasteiger partial charge < -0.3 is 8.70 Å². The van der Waals surface area contributed by atoms with E-state index in [4.69, 9.17) is 4.42 Å². The average molecular weight is 226 g/mol. The molecule has 0 unspecified atom stereocenters. The van der Waals surface area contributed by atoms with Gasteiger partial charge in [-0.25, -0.2) is 4.98 Å². The zero-order valence-electron chi connectivity index (χ0n) is 6.91. The van der Waals surface area contributed by atoms with Gasteiger partial charge in [0.2, 0.25) is 0 Å². The fraction of sp³-hybridized carbons (Fsp3) is 0. The van der Waals surface area contributed by atoms with Crippen molar-refractivity contribution in [2.24, 2.45) is 5.16 Å². The zero-order valence-corrected chi connectivity index (χ0v) is 8.70. The minimum Gasteiger partial charge on any atom is -0.434 e. The monoisotopic (exact) mass is 226 g/mol. The Balaban J connectivity index is 2.50. The molecule has 0 saturated carbocycles. The predicted octanol–water partition coefficient (Wildman–Crippen LogP) is 2.28. The van der Waals surface area contributed by atoms with E-state index in [9.17, 15) is 0 Å². The maximum atomic E-state index is 5.35. The summed E-state index contributed by atoms with van der Waals surface area (Å²) in [7, 11) is 0. The fourth-order valence-corrected chi connectivity index (χ4v) is 1.33. The van der Waals surface area contributed by atoms with Crippen LogP contribution in [0.2, 0.25) is 0 Å². The van der Waals surface area contributed by atoms with Gasteiger partial charge in [0.25, 0.3) is 5.89 Å². The van der Waals surface area contributed by atoms with Crippen LogP contribution in [0.5, 0.6) is 0 Å². The van der Waals surface area contributed by atoms with Gasteiger partial charge >= 0.3 is 0 Å². The van der Waals surface area contributed by atoms with Crippen LogP contribution in [0.3, 0.4) is 0 Å². The van der Waals surface area contributed by atoms with Gasteiger partial charge in [-0.2, -0.15) is 0 Å². The second-order valence-electron chi connectivity index (χ2n) is 2.48. The van der Waals surface area contributed by atoms with Gasteiger partial charge in [-0.3, -0.25) is 0 Å². The van der Waals surface area contributed by atoms with Crippen LogP contribution in [-0.2, 0) is 4.28 Å². The molecule has 0 aliphatic rings. The van der Waals surface area contributed by atoms with Crippen LogP contribution >= 0.6 is 25.5 Å². The average Bonchev–Trinajstić information content (AvgIpc) is 2.61. The van der Waals surface area contributed by atoms with E-state index in [1.807, 2.05) is 24.3 Å². The third-order valence-electron chi connectivity index (χ3n) is 1.61. The summed E-state index contributed by atoms with van der Waals surface area (Å²) >= 11 is 7.50. The Morgan fingerprint density at radius 2 is 2.21 bits per heavy atom. The number of benzene rings is 1. The molecule has 4 nitrogen and oxygen atoms in total. The number of oxime groups is 1. The van der Waals surface area contributed by atoms with Crippen molar-refractivity contribution in [3.63, 3.8) is 0 Å². The number of hydrogen-bond acceptors (Lipinski definition) is 5. The Morgan fingerprint density at radius 3 is 2.93 bits per heavy atom. The number of oxazole rings is 1. The lowest BCUT2D eigenvalue weighted by Crippen LogP contribution is -1.90. The summed E-state index contributed by atoms with van der Waals surface area (Å²) in [5.74, 6) is 0.309. The summed E-state index contributed by atoms with van der Waals surface area (Å²) in [4.78, 5) is 4.14. The van der Waals surface area contributed by atoms with E-state index in [0.717, 1.165) is 5.52 Å². The van der Waals surface area contributed by atoms with Crippen LogP contribution in [0.4, 0.5) is 0 Å². The summed E-state index contributed by atoms with van der Waals surface area (Å²) in [6, 6.07) is 7.39. The second-order valence-corrected chi connectivity index (χ2v) is 3.07. The van der Waals surface area contributed by atoms with Crippen molar-refractivity contribution in [3.8, 4) is 0 Å². The van der Waals surface area contributed by atoms with Gasteiger partial charge in [-0.05, 0) is 12.1 Å². The van der Waals surface area contributed by atoms with Crippen molar-refractivity contribution < 1.29 is 8.70 Å². The van der Waals surface area contributed by atoms with Crippen molar-refractivity contribution in [3.05, 3.63) is 30.2 Å². The Kier molecular flexibility index (Phi) is 2.64. The lowest BCUT2D eigenvalue weighted by atomic mass is 10.3. The van der Waals surface area contributed by atoms with E-state index in [2.05, 4.69) is 40.0 Å². The largest absolute Gasteiger partial charge is 0.434 e. The first kappa shape index (κ1) is 9.42. The smallest absolute Gasteiger partial charge is 0.256 e. The normalized spacial score (nSPS) is 12.0. The van der Waals surface area contributed by atoms with Crippen LogP contribution in [0.25, 0.3) is 11.1 Å². The maximum Gasteiger partial charge on any atom is 0.256 e. The molecule has 2 rings (SSSR count). The predicted molar refractivity (Wildman–Crippen MR) is 59.6 cm³/mol. The van der Waals surface area contributed by atoms with Crippen LogP contribution < -0.4 is 0 Å². The Bertz CT molecular complexity index is 448. The molecule has 2 aromatic rings. The van der Waals surface area contributed by atoms with Gasteiger partial charge in [-0.15, -0.1) is 12.6 Å². The number of hydrogen-bond donors (Lipinski definition) is 2. The van der Waals surface area contributed by atoms with Crippen molar-refractivity contribution in [1.82, 2.24) is 4.98 Å². The number of thiol groups is 2. The highest BCUT2D eigenvalue weighted by molar-refractivity contribution is 7.97. The number of aromatic nitrogens is 1. The Labute approximate surface area is 91.0 Å². The molecule has 0 N–H and O–H groups in total. The van der Waals surface area contributed by atoms with Crippen molar-refractivity contribution in [2.45, 2.75) is 0 Å². The topological polar surface area (TPSA) is 47.6 Å². The summed E-state index contributed by atoms with van der Waals surface area (Å²) in [6.45, 7) is 0. The molecule has 0 radical (unpaired) electrons. The summed E-state index contributed by atoms with van der Waals surface area (Å²) < 4.78 is 9.61. The molecule has 0 aliphatic carbocycles. The summed E-state index contributed by atoms with van der Waals surface area (Å²) in [5.41, 5.74) is 1.44. The molecule has 14 heavy (non-hydrogen) atoms. The molecule has 0 amide bonds. The first-order valence-electron chi connectivity index (χ1n) is 3.75. The van der Waals surface area contributed by atoms with E-state index in [1.54, 1.807) is 0 Å². The molecule has 6 heteroatoms. The standard InChI is InChI=1S/C8H6N2O2S2/c13-8(10-12-14)7-9-5-3-1-2-4-6(5)11-7/h1-4,14H,(H,10,13). The molecule has 1 aromatic heterocycles. The number of fused-ring (bicyclic) bond motifs is 1. The van der Waals surface area contributed by atoms with E-state index in [-0.39, 0.29) is 5.04 Å². The maximum absolute atomic E-state index is 5.35. The first-order valence-corrected chi connectivity index (χ1v) is 4.56. The SMILES string of the molecule is SO/N=C(\S)c1nc2ccccc2o1. The third kappa shape index (κ3) is 1.71. The molecule has 0 atom stereocenters. The highest BCUT2D eigenvalue weighted by Gasteiger charge is 2.08. The highest BCUT2D eigenvalue weighted by Crippen LogP contribution is 2.16. The molecule has 0 bridgehead atoms. The molecular weight excluding hydrogens is 220 g/mol. The second kappa shape index (κ2) is 3.93. The molecule has 0 fully saturated rings. The van der Waals surface area contributed by atoms with Crippen LogP contribution in [0.15, 0.2) is 33.8 Å². The summed E-state index contributed by atoms with van der Waals surface area (Å²) in [5, 5.41) is 3.73. The Hall–Kier alpha value is -1.14.